The molecule has 26 heteroatoms. The van der Waals surface area contributed by atoms with Gasteiger partial charge in [-0.25, -0.2) is 18.2 Å². The van der Waals surface area contributed by atoms with Crippen LogP contribution in [0.1, 0.15) is 105 Å². The molecule has 1 saturated heterocycles. The van der Waals surface area contributed by atoms with Crippen LogP contribution in [-0.2, 0) is 40.3 Å². The molecule has 8 aromatic rings. The number of benzene rings is 4. The highest BCUT2D eigenvalue weighted by Gasteiger charge is 2.25. The Bertz CT molecular complexity index is 4270. The van der Waals surface area contributed by atoms with Gasteiger partial charge in [-0.15, -0.1) is 0 Å². The standard InChI is InChI=1S/C70H91N13O12S/c1-11-31-93-51-36-52(38-53(37-51)95-63-41-61-60(79(7)70(88)80(61)8)40-58(63)77-96(89,90)54-20-21-62(91-9)64(39-54)92-10)94-32-17-16-25-78(6)45-67(85)71-23-15-13-12-14-18-66(84)72-24-26-81-27-29-82(30-28-81)65-22-19-49(42-73-65)50-34-55(57-44-75-83(46(2)3)59(57)35-50)68(86)74-43-56-47(4)33-48(5)76-69(56)87/h19-22,33-42,44,46,77H,11-18,23-32,43,45H2,1-10H3,(H,71,85)(H,72,84)(H,74,86)(H,76,87). The quantitative estimate of drug-likeness (QED) is 0.0236. The molecule has 1 aliphatic rings. The second kappa shape index (κ2) is 32.8. The minimum absolute atomic E-state index is 0.0457. The van der Waals surface area contributed by atoms with Crippen molar-refractivity contribution >= 4 is 61.2 Å². The van der Waals surface area contributed by atoms with Crippen molar-refractivity contribution in [1.29, 1.82) is 0 Å². The molecule has 3 amide bonds. The normalized spacial score (nSPS) is 12.8. The first kappa shape index (κ1) is 70.9. The van der Waals surface area contributed by atoms with Gasteiger partial charge in [-0.3, -0.25) is 47.5 Å². The van der Waals surface area contributed by atoms with Crippen molar-refractivity contribution in [2.75, 3.05) is 103 Å². The zero-order chi connectivity index (χ0) is 68.6. The van der Waals surface area contributed by atoms with E-state index in [1.54, 1.807) is 50.6 Å². The maximum atomic E-state index is 13.9. The number of H-pyrrole nitrogens is 1. The number of rotatable bonds is 34. The summed E-state index contributed by atoms with van der Waals surface area (Å²) in [6.07, 6.45) is 9.65. The number of piperazine rings is 1. The number of methoxy groups -OCH3 is 2. The molecule has 0 saturated carbocycles. The van der Waals surface area contributed by atoms with Crippen LogP contribution in [0.2, 0.25) is 0 Å². The van der Waals surface area contributed by atoms with Crippen LogP contribution in [0.3, 0.4) is 0 Å². The molecule has 0 radical (unpaired) electrons. The van der Waals surface area contributed by atoms with E-state index in [1.165, 1.54) is 41.6 Å². The predicted octanol–water partition coefficient (Wildman–Crippen LogP) is 8.60. The minimum atomic E-state index is -4.22. The fourth-order valence-corrected chi connectivity index (χ4v) is 12.8. The number of ether oxygens (including phenoxy) is 5. The number of nitrogens with zero attached hydrogens (tertiary/aromatic N) is 8. The van der Waals surface area contributed by atoms with E-state index in [0.29, 0.717) is 90.8 Å². The largest absolute Gasteiger partial charge is 0.493 e. The summed E-state index contributed by atoms with van der Waals surface area (Å²) in [4.78, 5) is 79.3. The van der Waals surface area contributed by atoms with Crippen molar-refractivity contribution in [3.63, 3.8) is 0 Å². The zero-order valence-corrected chi connectivity index (χ0v) is 57.6. The van der Waals surface area contributed by atoms with E-state index in [1.807, 2.05) is 87.8 Å². The highest BCUT2D eigenvalue weighted by atomic mass is 32.2. The first-order chi connectivity index (χ1) is 46.1. The number of hydrogen-bond acceptors (Lipinski definition) is 17. The molecule has 0 bridgehead atoms. The van der Waals surface area contributed by atoms with Gasteiger partial charge in [-0.2, -0.15) is 5.10 Å². The number of sulfonamides is 1. The smallest absolute Gasteiger partial charge is 0.328 e. The van der Waals surface area contributed by atoms with Crippen LogP contribution in [0, 0.1) is 13.8 Å². The van der Waals surface area contributed by atoms with E-state index in [9.17, 15) is 32.4 Å². The van der Waals surface area contributed by atoms with Gasteiger partial charge < -0.3 is 49.5 Å². The molecule has 0 atom stereocenters. The monoisotopic (exact) mass is 1340 g/mol. The molecule has 1 fully saturated rings. The van der Waals surface area contributed by atoms with Crippen molar-refractivity contribution in [1.82, 2.24) is 54.6 Å². The summed E-state index contributed by atoms with van der Waals surface area (Å²) < 4.78 is 64.6. The molecular formula is C70H91N13O12S. The second-order valence-electron chi connectivity index (χ2n) is 24.6. The number of hydrogen-bond donors (Lipinski definition) is 5. The number of likely N-dealkylation sites (N-methyl/N-ethyl adjacent to an activating group) is 1. The Balaban J connectivity index is 0.645. The van der Waals surface area contributed by atoms with Crippen molar-refractivity contribution in [3.05, 3.63) is 134 Å². The lowest BCUT2D eigenvalue weighted by molar-refractivity contribution is -0.122. The van der Waals surface area contributed by atoms with Crippen molar-refractivity contribution in [3.8, 4) is 45.6 Å². The predicted molar refractivity (Wildman–Crippen MR) is 372 cm³/mol. The number of aromatic amines is 1. The van der Waals surface area contributed by atoms with Gasteiger partial charge in [0.2, 0.25) is 11.8 Å². The number of unbranched alkanes of at least 4 members (excludes halogenated alkanes) is 4. The first-order valence-electron chi connectivity index (χ1n) is 32.8. The number of imidazole rings is 1. The minimum Gasteiger partial charge on any atom is -0.493 e. The average molecular weight is 1340 g/mol. The summed E-state index contributed by atoms with van der Waals surface area (Å²) in [5.74, 6) is 2.58. The van der Waals surface area contributed by atoms with Crippen molar-refractivity contribution < 1.29 is 46.5 Å². The molecule has 0 aliphatic carbocycles. The molecule has 96 heavy (non-hydrogen) atoms. The van der Waals surface area contributed by atoms with Gasteiger partial charge in [0.1, 0.15) is 23.1 Å². The number of nitrogens with one attached hydrogen (secondary N) is 5. The van der Waals surface area contributed by atoms with Crippen LogP contribution in [0.4, 0.5) is 11.5 Å². The van der Waals surface area contributed by atoms with Gasteiger partial charge in [-0.1, -0.05) is 19.8 Å². The molecule has 9 rings (SSSR count). The lowest BCUT2D eigenvalue weighted by Gasteiger charge is -2.35. The maximum absolute atomic E-state index is 13.9. The fraction of sp³-hybridized carbons (Fsp3) is 0.443. The van der Waals surface area contributed by atoms with Gasteiger partial charge in [0.05, 0.1) is 72.9 Å². The number of amides is 3. The molecule has 25 nitrogen and oxygen atoms in total. The molecular weight excluding hydrogens is 1250 g/mol. The Morgan fingerprint density at radius 3 is 2.11 bits per heavy atom. The van der Waals surface area contributed by atoms with Gasteiger partial charge in [0, 0.05) is 138 Å². The van der Waals surface area contributed by atoms with E-state index in [4.69, 9.17) is 28.7 Å². The molecule has 1 aliphatic heterocycles. The number of fused-ring (bicyclic) bond motifs is 2. The fourth-order valence-electron chi connectivity index (χ4n) is 11.7. The van der Waals surface area contributed by atoms with Gasteiger partial charge in [0.25, 0.3) is 21.5 Å². The third-order valence-corrected chi connectivity index (χ3v) is 18.4. The van der Waals surface area contributed by atoms with Crippen LogP contribution >= 0.6 is 0 Å². The Labute approximate surface area is 560 Å². The zero-order valence-electron chi connectivity index (χ0n) is 56.8. The van der Waals surface area contributed by atoms with Crippen LogP contribution in [0.5, 0.6) is 34.5 Å². The van der Waals surface area contributed by atoms with Crippen LogP contribution in [0.25, 0.3) is 33.1 Å². The molecule has 5 N–H and O–H groups in total. The van der Waals surface area contributed by atoms with E-state index in [2.05, 4.69) is 40.6 Å². The SMILES string of the molecule is CCCOc1cc(OCCCCN(C)CC(=O)NCCCCCCC(=O)NCCN2CCN(c3ccc(-c4cc(C(=O)NCc5c(C)cc(C)[nH]c5=O)c5cnn(C(C)C)c5c4)cn3)CC2)cc(Oc2cc3c(cc2NS(=O)(=O)c2ccc(OC)c(OC)c2)n(C)c(=O)n3C)c1. The average Bonchev–Trinajstić information content (AvgIpc) is 1.56. The lowest BCUT2D eigenvalue weighted by Crippen LogP contribution is -2.48. The third kappa shape index (κ3) is 18.1. The summed E-state index contributed by atoms with van der Waals surface area (Å²) in [6, 6.07) is 22.5. The Morgan fingerprint density at radius 1 is 0.708 bits per heavy atom. The summed E-state index contributed by atoms with van der Waals surface area (Å²) in [5.41, 5.74) is 5.67. The number of carbonyl (C=O) groups excluding carboxylic acids is 3. The van der Waals surface area contributed by atoms with E-state index in [-0.39, 0.29) is 70.2 Å². The number of aryl methyl sites for hydroxylation is 4. The Morgan fingerprint density at radius 2 is 1.42 bits per heavy atom. The molecule has 0 spiro atoms. The van der Waals surface area contributed by atoms with Crippen LogP contribution < -0.4 is 60.5 Å². The van der Waals surface area contributed by atoms with Gasteiger partial charge in [0.15, 0.2) is 17.2 Å². The van der Waals surface area contributed by atoms with E-state index in [0.717, 1.165) is 110 Å². The molecule has 0 unspecified atom stereocenters. The number of pyridine rings is 2. The van der Waals surface area contributed by atoms with Crippen LogP contribution in [-0.4, -0.2) is 158 Å². The van der Waals surface area contributed by atoms with Gasteiger partial charge in [-0.05, 0) is 133 Å². The Kier molecular flexibility index (Phi) is 24.3. The molecule has 4 aromatic heterocycles. The Hall–Kier alpha value is -9.40. The number of anilines is 2. The van der Waals surface area contributed by atoms with Crippen LogP contribution in [0.15, 0.2) is 106 Å². The highest BCUT2D eigenvalue weighted by molar-refractivity contribution is 7.92. The summed E-state index contributed by atoms with van der Waals surface area (Å²) >= 11 is 0. The van der Waals surface area contributed by atoms with Crippen molar-refractivity contribution in [2.24, 2.45) is 14.1 Å². The highest BCUT2D eigenvalue weighted by Crippen LogP contribution is 2.39. The lowest BCUT2D eigenvalue weighted by atomic mass is 10.0. The number of aromatic nitrogens is 6. The third-order valence-electron chi connectivity index (χ3n) is 17.0. The molecule has 514 valence electrons. The summed E-state index contributed by atoms with van der Waals surface area (Å²) in [7, 11) is 3.80. The summed E-state index contributed by atoms with van der Waals surface area (Å²) in [6.45, 7) is 16.8. The summed E-state index contributed by atoms with van der Waals surface area (Å²) in [5, 5.41) is 14.4. The van der Waals surface area contributed by atoms with Gasteiger partial charge >= 0.3 is 5.69 Å². The molecule has 5 heterocycles. The number of carbonyl (C=O) groups is 3. The second-order valence-corrected chi connectivity index (χ2v) is 26.3. The molecule has 4 aromatic carbocycles. The first-order valence-corrected chi connectivity index (χ1v) is 34.3. The van der Waals surface area contributed by atoms with E-state index >= 15 is 0 Å². The van der Waals surface area contributed by atoms with E-state index < -0.39 is 10.0 Å². The maximum Gasteiger partial charge on any atom is 0.328 e. The van der Waals surface area contributed by atoms with Crippen molar-refractivity contribution in [2.45, 2.75) is 103 Å². The topological polar surface area (TPSA) is 280 Å².